The third-order valence-corrected chi connectivity index (χ3v) is 23.5. The minimum absolute atomic E-state index is 0. The molecule has 0 aromatic carbocycles. The first kappa shape index (κ1) is 70.2. The Morgan fingerprint density at radius 2 is 0.988 bits per heavy atom. The SMILES string of the molecule is C.CC(C)CCC[C@@H](C)[C@H]1CCC2C3CC=C4C[C@@H](OC/C=C/CC(=O)CC(=O)O)CC[C@]4(C)C3CC[C@@]21C.CC(C)CCC[C@@H](C)[C@H]1CCC2C3CC=C4C[C@@H](OC/C=C/CC(=O)CC(=O)OC(C)(C)C)CC[C@]4(C)C3CC[C@@]21C.Cl. The molecule has 0 aliphatic heterocycles. The summed E-state index contributed by atoms with van der Waals surface area (Å²) >= 11 is 0. The zero-order valence-electron chi connectivity index (χ0n) is 53.6. The zero-order valence-corrected chi connectivity index (χ0v) is 54.4. The first-order chi connectivity index (χ1) is 37.8. The van der Waals surface area contributed by atoms with Crippen LogP contribution in [0.25, 0.3) is 0 Å². The lowest BCUT2D eigenvalue weighted by atomic mass is 9.47. The molecule has 0 radical (unpaired) electrons. The number of fused-ring (bicyclic) bond motifs is 10. The van der Waals surface area contributed by atoms with Crippen molar-refractivity contribution in [3.63, 3.8) is 0 Å². The molecule has 0 amide bonds. The van der Waals surface area contributed by atoms with Crippen molar-refractivity contribution < 1.29 is 38.5 Å². The van der Waals surface area contributed by atoms with Crippen molar-refractivity contribution >= 4 is 35.9 Å². The van der Waals surface area contributed by atoms with Gasteiger partial charge in [-0.1, -0.05) is 163 Å². The van der Waals surface area contributed by atoms with Crippen LogP contribution in [0, 0.1) is 92.7 Å². The lowest BCUT2D eigenvalue weighted by molar-refractivity contribution is -0.156. The highest BCUT2D eigenvalue weighted by atomic mass is 35.5. The number of carbonyl (C=O) groups excluding carboxylic acids is 3. The molecule has 9 heteroatoms. The number of aliphatic carboxylic acids is 1. The van der Waals surface area contributed by atoms with Crippen LogP contribution in [0.1, 0.15) is 264 Å². The number of carboxylic acids is 1. The van der Waals surface area contributed by atoms with Crippen molar-refractivity contribution in [1.29, 1.82) is 0 Å². The van der Waals surface area contributed by atoms with E-state index in [4.69, 9.17) is 19.3 Å². The molecule has 0 aromatic heterocycles. The van der Waals surface area contributed by atoms with Gasteiger partial charge in [0.1, 0.15) is 30.0 Å². The molecule has 0 bridgehead atoms. The average molecular weight is 1160 g/mol. The molecule has 468 valence electrons. The van der Waals surface area contributed by atoms with Crippen molar-refractivity contribution in [1.82, 2.24) is 0 Å². The number of carbonyl (C=O) groups is 4. The van der Waals surface area contributed by atoms with Gasteiger partial charge in [0.15, 0.2) is 0 Å². The van der Waals surface area contributed by atoms with Gasteiger partial charge in [-0.25, -0.2) is 0 Å². The molecular weight excluding hydrogens is 1040 g/mol. The molecule has 6 fully saturated rings. The second-order valence-corrected chi connectivity index (χ2v) is 30.7. The van der Waals surface area contributed by atoms with Gasteiger partial charge < -0.3 is 19.3 Å². The quantitative estimate of drug-likeness (QED) is 0.0577. The largest absolute Gasteiger partial charge is 0.481 e. The molecule has 8 aliphatic rings. The predicted octanol–water partition coefficient (Wildman–Crippen LogP) is 19.1. The highest BCUT2D eigenvalue weighted by molar-refractivity contribution is 5.96. The summed E-state index contributed by atoms with van der Waals surface area (Å²) in [7, 11) is 0. The van der Waals surface area contributed by atoms with Gasteiger partial charge in [-0.2, -0.15) is 0 Å². The number of rotatable bonds is 24. The molecule has 8 rings (SSSR count). The van der Waals surface area contributed by atoms with Crippen LogP contribution in [0.3, 0.4) is 0 Å². The van der Waals surface area contributed by atoms with Crippen LogP contribution in [-0.2, 0) is 33.4 Å². The van der Waals surface area contributed by atoms with Crippen LogP contribution in [0.5, 0.6) is 0 Å². The predicted molar refractivity (Wildman–Crippen MR) is 340 cm³/mol. The number of hydrogen-bond donors (Lipinski definition) is 1. The maximum atomic E-state index is 12.1. The van der Waals surface area contributed by atoms with E-state index in [1.165, 1.54) is 116 Å². The second kappa shape index (κ2) is 30.4. The summed E-state index contributed by atoms with van der Waals surface area (Å²) in [6, 6.07) is 0. The van der Waals surface area contributed by atoms with E-state index in [0.717, 1.165) is 96.7 Å². The Kier molecular flexibility index (Phi) is 26.0. The van der Waals surface area contributed by atoms with E-state index in [2.05, 4.69) is 81.4 Å². The Balaban J connectivity index is 0.000000295. The first-order valence-electron chi connectivity index (χ1n) is 33.2. The summed E-state index contributed by atoms with van der Waals surface area (Å²) in [5.74, 6) is 8.51. The fourth-order valence-corrected chi connectivity index (χ4v) is 19.4. The van der Waals surface area contributed by atoms with E-state index >= 15 is 0 Å². The van der Waals surface area contributed by atoms with Crippen LogP contribution in [0.15, 0.2) is 47.6 Å². The molecule has 82 heavy (non-hydrogen) atoms. The highest BCUT2D eigenvalue weighted by Crippen LogP contribution is 2.69. The fraction of sp³-hybridized carbons (Fsp3) is 0.836. The summed E-state index contributed by atoms with van der Waals surface area (Å²) in [4.78, 5) is 46.2. The van der Waals surface area contributed by atoms with Crippen LogP contribution in [-0.4, -0.2) is 59.6 Å². The summed E-state index contributed by atoms with van der Waals surface area (Å²) < 4.78 is 17.7. The summed E-state index contributed by atoms with van der Waals surface area (Å²) in [5.41, 5.74) is 4.51. The average Bonchev–Trinajstić information content (AvgIpc) is 2.70. The zero-order chi connectivity index (χ0) is 58.2. The standard InChI is InChI=1S/C38H62O4.C34H54O4.CH4.ClH/c1-26(2)12-11-13-27(3)32-17-18-33-31-16-15-28-24-30(19-21-37(28,7)34(31)20-22-38(32,33)8)41-23-10-9-14-29(39)25-35(40)42-36(4,5)6;1-23(2)9-8-10-24(3)29-14-15-30-28-13-12-25-21-27(38-20-7-6-11-26(35)22-32(36)37)16-18-33(25,4)31(28)17-19-34(29,30)5;;/h9-10,15,26-27,30-34H,11-14,16-25H2,1-8H3;6-7,12,23-24,27-31H,8-11,13-22H2,1-5H3,(H,36,37);1H4;1H/b10-9+;7-6+;;/t27-,30+,31?,32-,33?,34?,37+,38-;24-,27+,28?,29-,30?,31?,33+,34-;;/m11../s1. The Hall–Kier alpha value is -2.55. The van der Waals surface area contributed by atoms with Crippen molar-refractivity contribution in [2.24, 2.45) is 92.7 Å². The number of allylic oxidation sites excluding steroid dienone is 4. The lowest BCUT2D eigenvalue weighted by Crippen LogP contribution is -2.51. The maximum Gasteiger partial charge on any atom is 0.313 e. The van der Waals surface area contributed by atoms with E-state index in [-0.39, 0.29) is 62.9 Å². The third-order valence-electron chi connectivity index (χ3n) is 23.5. The molecule has 8 nitrogen and oxygen atoms in total. The van der Waals surface area contributed by atoms with Crippen molar-refractivity contribution in [3.05, 3.63) is 47.6 Å². The van der Waals surface area contributed by atoms with E-state index < -0.39 is 24.0 Å². The molecular formula is C73H121ClO8. The number of ketones is 2. The molecule has 16 atom stereocenters. The number of halogens is 1. The maximum absolute atomic E-state index is 12.1. The lowest BCUT2D eigenvalue weighted by Gasteiger charge is -2.58. The van der Waals surface area contributed by atoms with E-state index in [1.54, 1.807) is 17.2 Å². The third kappa shape index (κ3) is 17.2. The summed E-state index contributed by atoms with van der Waals surface area (Å²) in [5, 5.41) is 8.70. The van der Waals surface area contributed by atoms with E-state index in [0.29, 0.717) is 34.9 Å². The van der Waals surface area contributed by atoms with Crippen LogP contribution in [0.2, 0.25) is 0 Å². The summed E-state index contributed by atoms with van der Waals surface area (Å²) in [6.07, 6.45) is 42.2. The van der Waals surface area contributed by atoms with Crippen molar-refractivity contribution in [3.8, 4) is 0 Å². The highest BCUT2D eigenvalue weighted by Gasteiger charge is 2.61. The molecule has 8 aliphatic carbocycles. The van der Waals surface area contributed by atoms with Crippen molar-refractivity contribution in [2.45, 2.75) is 282 Å². The van der Waals surface area contributed by atoms with Gasteiger partial charge >= 0.3 is 11.9 Å². The van der Waals surface area contributed by atoms with Gasteiger partial charge in [-0.05, 0) is 216 Å². The Labute approximate surface area is 507 Å². The van der Waals surface area contributed by atoms with E-state index in [1.807, 2.05) is 39.0 Å². The monoisotopic (exact) mass is 1160 g/mol. The smallest absolute Gasteiger partial charge is 0.313 e. The minimum Gasteiger partial charge on any atom is -0.481 e. The summed E-state index contributed by atoms with van der Waals surface area (Å²) in [6.45, 7) is 31.6. The molecule has 0 aromatic rings. The van der Waals surface area contributed by atoms with Gasteiger partial charge in [-0.15, -0.1) is 12.4 Å². The van der Waals surface area contributed by atoms with Gasteiger partial charge in [0.25, 0.3) is 0 Å². The number of hydrogen-bond acceptors (Lipinski definition) is 7. The molecule has 6 unspecified atom stereocenters. The molecule has 0 heterocycles. The molecule has 0 saturated heterocycles. The second-order valence-electron chi connectivity index (χ2n) is 30.7. The normalized spacial score (nSPS) is 35.5. The van der Waals surface area contributed by atoms with Crippen molar-refractivity contribution in [2.75, 3.05) is 13.2 Å². The Morgan fingerprint density at radius 1 is 0.573 bits per heavy atom. The van der Waals surface area contributed by atoms with Crippen LogP contribution >= 0.6 is 12.4 Å². The van der Waals surface area contributed by atoms with Crippen LogP contribution < -0.4 is 0 Å². The molecule has 6 saturated carbocycles. The first-order valence-corrected chi connectivity index (χ1v) is 33.2. The van der Waals surface area contributed by atoms with E-state index in [9.17, 15) is 19.2 Å². The van der Waals surface area contributed by atoms with Gasteiger partial charge in [0, 0.05) is 12.8 Å². The number of Topliss-reactive ketones (excluding diaryl/α,β-unsaturated/α-hetero) is 2. The fourth-order valence-electron chi connectivity index (χ4n) is 19.4. The topological polar surface area (TPSA) is 116 Å². The minimum atomic E-state index is -1.06. The van der Waals surface area contributed by atoms with Gasteiger partial charge in [0.05, 0.1) is 25.4 Å². The molecule has 0 spiro atoms. The number of esters is 1. The number of carboxylic acid groups (broad SMARTS) is 1. The number of ether oxygens (including phenoxy) is 3. The van der Waals surface area contributed by atoms with Crippen LogP contribution in [0.4, 0.5) is 0 Å². The Morgan fingerprint density at radius 3 is 1.38 bits per heavy atom. The Bertz CT molecular complexity index is 2220. The molecule has 1 N–H and O–H groups in total. The van der Waals surface area contributed by atoms with Gasteiger partial charge in [0.2, 0.25) is 0 Å². The van der Waals surface area contributed by atoms with Gasteiger partial charge in [-0.3, -0.25) is 19.2 Å².